The molecule has 0 aliphatic carbocycles. The van der Waals surface area contributed by atoms with E-state index in [1.165, 1.54) is 12.3 Å². The zero-order valence-corrected chi connectivity index (χ0v) is 10.3. The van der Waals surface area contributed by atoms with Crippen LogP contribution >= 0.6 is 11.3 Å². The van der Waals surface area contributed by atoms with Crippen LogP contribution in [0.3, 0.4) is 0 Å². The molecule has 0 unspecified atom stereocenters. The first-order chi connectivity index (χ1) is 8.93. The summed E-state index contributed by atoms with van der Waals surface area (Å²) in [6, 6.07) is 0. The van der Waals surface area contributed by atoms with Gasteiger partial charge in [-0.1, -0.05) is 0 Å². The van der Waals surface area contributed by atoms with Crippen molar-refractivity contribution in [2.24, 2.45) is 4.99 Å². The molecule has 0 spiro atoms. The highest BCUT2D eigenvalue weighted by molar-refractivity contribution is 7.07. The fourth-order valence-electron chi connectivity index (χ4n) is 0.922. The van der Waals surface area contributed by atoms with Crippen LogP contribution in [0, 0.1) is 6.92 Å². The van der Waals surface area contributed by atoms with Gasteiger partial charge in [0.25, 0.3) is 0 Å². The molecule has 0 aliphatic rings. The smallest absolute Gasteiger partial charge is 0.263 e. The van der Waals surface area contributed by atoms with Crippen LogP contribution in [0.4, 0.5) is 26.3 Å². The maximum absolute atomic E-state index is 12.1. The van der Waals surface area contributed by atoms with Crippen molar-refractivity contribution >= 4 is 23.2 Å². The van der Waals surface area contributed by atoms with Crippen LogP contribution in [0.15, 0.2) is 10.4 Å². The summed E-state index contributed by atoms with van der Waals surface area (Å²) in [5.41, 5.74) is 1.28. The van der Waals surface area contributed by atoms with Crippen molar-refractivity contribution in [1.82, 2.24) is 4.68 Å². The fraction of sp³-hybridized carbons (Fsp3) is 0.375. The quantitative estimate of drug-likeness (QED) is 0.797. The van der Waals surface area contributed by atoms with Crippen molar-refractivity contribution in [1.29, 1.82) is 0 Å². The molecule has 0 radical (unpaired) electrons. The SMILES string of the molecule is Cc1csc(=NC(=O)C(F)(F)F)n1NC(=O)C(F)(F)F. The number of carbonyl (C=O) groups is 2. The lowest BCUT2D eigenvalue weighted by Crippen LogP contribution is -2.40. The lowest BCUT2D eigenvalue weighted by molar-refractivity contribution is -0.170. The summed E-state index contributed by atoms with van der Waals surface area (Å²) >= 11 is 0.467. The molecule has 5 nitrogen and oxygen atoms in total. The van der Waals surface area contributed by atoms with Gasteiger partial charge in [0.1, 0.15) is 0 Å². The molecule has 20 heavy (non-hydrogen) atoms. The fourth-order valence-corrected chi connectivity index (χ4v) is 1.73. The number of thiazole rings is 1. The lowest BCUT2D eigenvalue weighted by atomic mass is 10.5. The minimum absolute atomic E-state index is 0.0266. The Hall–Kier alpha value is -1.85. The summed E-state index contributed by atoms with van der Waals surface area (Å²) in [4.78, 5) is 23.3. The molecule has 0 aliphatic heterocycles. The molecule has 1 aromatic rings. The molecule has 0 aromatic carbocycles. The molecular weight excluding hydrogens is 316 g/mol. The van der Waals surface area contributed by atoms with Gasteiger partial charge in [0.2, 0.25) is 4.80 Å². The first kappa shape index (κ1) is 16.2. The third-order valence-electron chi connectivity index (χ3n) is 1.79. The van der Waals surface area contributed by atoms with Crippen LogP contribution < -0.4 is 10.2 Å². The zero-order chi connectivity index (χ0) is 15.7. The number of nitrogens with one attached hydrogen (secondary N) is 1. The molecule has 0 saturated carbocycles. The predicted octanol–water partition coefficient (Wildman–Crippen LogP) is 1.48. The van der Waals surface area contributed by atoms with Gasteiger partial charge in [0.05, 0.1) is 5.69 Å². The zero-order valence-electron chi connectivity index (χ0n) is 9.46. The van der Waals surface area contributed by atoms with E-state index in [0.717, 1.165) is 5.38 Å². The van der Waals surface area contributed by atoms with Gasteiger partial charge >= 0.3 is 24.2 Å². The molecule has 1 rings (SSSR count). The monoisotopic (exact) mass is 321 g/mol. The van der Waals surface area contributed by atoms with Gasteiger partial charge in [-0.25, -0.2) is 4.68 Å². The second-order valence-electron chi connectivity index (χ2n) is 3.35. The molecule has 1 N–H and O–H groups in total. The number of aromatic nitrogens is 1. The van der Waals surface area contributed by atoms with Crippen molar-refractivity contribution in [3.8, 4) is 0 Å². The Labute approximate surface area is 110 Å². The van der Waals surface area contributed by atoms with Crippen LogP contribution in [0.1, 0.15) is 5.69 Å². The summed E-state index contributed by atoms with van der Waals surface area (Å²) in [5.74, 6) is -4.89. The third-order valence-corrected chi connectivity index (χ3v) is 2.73. The van der Waals surface area contributed by atoms with Crippen LogP contribution in [-0.4, -0.2) is 28.8 Å². The maximum atomic E-state index is 12.1. The Morgan fingerprint density at radius 3 is 2.20 bits per heavy atom. The number of carbonyl (C=O) groups excluding carboxylic acids is 2. The molecule has 12 heteroatoms. The molecular formula is C8H5F6N3O2S. The largest absolute Gasteiger partial charge is 0.473 e. The molecule has 0 fully saturated rings. The standard InChI is InChI=1S/C8H5F6N3O2S/c1-3-2-20-6(15-4(18)7(9,10)11)17(3)16-5(19)8(12,13)14/h2H,1H3,(H,16,19). The average Bonchev–Trinajstić information content (AvgIpc) is 2.58. The highest BCUT2D eigenvalue weighted by atomic mass is 32.1. The van der Waals surface area contributed by atoms with Crippen LogP contribution in [0.5, 0.6) is 0 Å². The molecule has 112 valence electrons. The van der Waals surface area contributed by atoms with Gasteiger partial charge in [0.15, 0.2) is 0 Å². The maximum Gasteiger partial charge on any atom is 0.473 e. The Bertz CT molecular complexity index is 597. The van der Waals surface area contributed by atoms with E-state index in [2.05, 4.69) is 4.99 Å². The van der Waals surface area contributed by atoms with E-state index in [4.69, 9.17) is 0 Å². The first-order valence-corrected chi connectivity index (χ1v) is 5.52. The van der Waals surface area contributed by atoms with E-state index in [9.17, 15) is 35.9 Å². The van der Waals surface area contributed by atoms with Crippen LogP contribution in [-0.2, 0) is 9.59 Å². The normalized spacial score (nSPS) is 13.4. The summed E-state index contributed by atoms with van der Waals surface area (Å²) in [6.07, 6.45) is -10.5. The second-order valence-corrected chi connectivity index (χ2v) is 4.19. The van der Waals surface area contributed by atoms with Gasteiger partial charge < -0.3 is 0 Å². The summed E-state index contributed by atoms with van der Waals surface area (Å²) in [6.45, 7) is 1.21. The van der Waals surface area contributed by atoms with E-state index < -0.39 is 29.0 Å². The van der Waals surface area contributed by atoms with Gasteiger partial charge in [-0.05, 0) is 6.92 Å². The van der Waals surface area contributed by atoms with E-state index in [1.54, 1.807) is 0 Å². The topological polar surface area (TPSA) is 63.5 Å². The number of hydrogen-bond donors (Lipinski definition) is 1. The molecule has 1 heterocycles. The highest BCUT2D eigenvalue weighted by Crippen LogP contribution is 2.17. The third kappa shape index (κ3) is 3.82. The van der Waals surface area contributed by atoms with Gasteiger partial charge in [-0.15, -0.1) is 11.3 Å². The lowest BCUT2D eigenvalue weighted by Gasteiger charge is -2.10. The van der Waals surface area contributed by atoms with E-state index in [0.29, 0.717) is 16.0 Å². The Morgan fingerprint density at radius 1 is 1.20 bits per heavy atom. The number of nitrogens with zero attached hydrogens (tertiary/aromatic N) is 2. The average molecular weight is 321 g/mol. The number of rotatable bonds is 1. The van der Waals surface area contributed by atoms with Crippen molar-refractivity contribution in [3.05, 3.63) is 15.9 Å². The number of halogens is 6. The van der Waals surface area contributed by atoms with Crippen molar-refractivity contribution < 1.29 is 35.9 Å². The van der Waals surface area contributed by atoms with Gasteiger partial charge in [-0.2, -0.15) is 31.3 Å². The van der Waals surface area contributed by atoms with Gasteiger partial charge in [0, 0.05) is 5.38 Å². The Morgan fingerprint density at radius 2 is 1.75 bits per heavy atom. The van der Waals surface area contributed by atoms with E-state index >= 15 is 0 Å². The van der Waals surface area contributed by atoms with Crippen molar-refractivity contribution in [2.75, 3.05) is 5.43 Å². The Balaban J connectivity index is 3.18. The van der Waals surface area contributed by atoms with Crippen molar-refractivity contribution in [3.63, 3.8) is 0 Å². The predicted molar refractivity (Wildman–Crippen MR) is 54.1 cm³/mol. The minimum Gasteiger partial charge on any atom is -0.263 e. The summed E-state index contributed by atoms with van der Waals surface area (Å²) in [7, 11) is 0. The molecule has 2 amide bonds. The van der Waals surface area contributed by atoms with Crippen LogP contribution in [0.2, 0.25) is 0 Å². The number of amides is 2. The Kier molecular flexibility index (Phi) is 4.27. The highest BCUT2D eigenvalue weighted by Gasteiger charge is 2.40. The molecule has 0 bridgehead atoms. The van der Waals surface area contributed by atoms with E-state index in [1.807, 2.05) is 0 Å². The first-order valence-electron chi connectivity index (χ1n) is 4.64. The van der Waals surface area contributed by atoms with Crippen molar-refractivity contribution in [2.45, 2.75) is 19.3 Å². The number of aryl methyl sites for hydroxylation is 1. The van der Waals surface area contributed by atoms with Crippen LogP contribution in [0.25, 0.3) is 0 Å². The second kappa shape index (κ2) is 5.26. The van der Waals surface area contributed by atoms with E-state index in [-0.39, 0.29) is 5.69 Å². The molecule has 0 saturated heterocycles. The summed E-state index contributed by atoms with van der Waals surface area (Å²) < 4.78 is 72.6. The summed E-state index contributed by atoms with van der Waals surface area (Å²) in [5, 5.41) is 1.12. The van der Waals surface area contributed by atoms with Gasteiger partial charge in [-0.3, -0.25) is 15.0 Å². The number of alkyl halides is 6. The number of hydrogen-bond acceptors (Lipinski definition) is 3. The molecule has 1 aromatic heterocycles. The minimum atomic E-state index is -5.26. The molecule has 0 atom stereocenters.